The first kappa shape index (κ1) is 13.9. The number of aliphatic hydroxyl groups excluding tert-OH is 2. The highest BCUT2D eigenvalue weighted by molar-refractivity contribution is 5.15. The number of halogens is 1. The van der Waals surface area contributed by atoms with Crippen molar-refractivity contribution in [3.8, 4) is 0 Å². The van der Waals surface area contributed by atoms with E-state index in [1.165, 1.54) is 6.08 Å². The predicted octanol–water partition coefficient (Wildman–Crippen LogP) is 2.26. The third-order valence-corrected chi connectivity index (χ3v) is 2.63. The first-order valence-electron chi connectivity index (χ1n) is 5.77. The molecule has 0 saturated carbocycles. The molecule has 0 fully saturated rings. The highest BCUT2D eigenvalue weighted by Gasteiger charge is 2.15. The maximum absolute atomic E-state index is 13.5. The van der Waals surface area contributed by atoms with Gasteiger partial charge in [-0.05, 0) is 37.0 Å². The summed E-state index contributed by atoms with van der Waals surface area (Å²) in [6.45, 7) is 1.46. The van der Waals surface area contributed by atoms with Crippen LogP contribution in [-0.2, 0) is 6.42 Å². The Morgan fingerprint density at radius 3 is 2.59 bits per heavy atom. The molecule has 0 aliphatic rings. The average molecular weight is 238 g/mol. The van der Waals surface area contributed by atoms with Crippen molar-refractivity contribution in [1.82, 2.24) is 0 Å². The summed E-state index contributed by atoms with van der Waals surface area (Å²) in [5, 5.41) is 18.4. The zero-order valence-electron chi connectivity index (χ0n) is 10.0. The van der Waals surface area contributed by atoms with E-state index in [1.807, 2.05) is 30.3 Å². The van der Waals surface area contributed by atoms with Crippen molar-refractivity contribution < 1.29 is 14.6 Å². The molecule has 2 N–H and O–H groups in total. The summed E-state index contributed by atoms with van der Waals surface area (Å²) in [5.41, 5.74) is 1.62. The van der Waals surface area contributed by atoms with Gasteiger partial charge in [-0.3, -0.25) is 0 Å². The molecule has 2 atom stereocenters. The first-order chi connectivity index (χ1) is 8.13. The summed E-state index contributed by atoms with van der Waals surface area (Å²) in [5.74, 6) is 0. The third kappa shape index (κ3) is 5.11. The Kier molecular flexibility index (Phi) is 5.87. The number of hydrogen-bond acceptors (Lipinski definition) is 2. The summed E-state index contributed by atoms with van der Waals surface area (Å²) in [6.07, 6.45) is -0.132. The molecule has 0 heterocycles. The van der Waals surface area contributed by atoms with Crippen LogP contribution < -0.4 is 0 Å². The second-order valence-corrected chi connectivity index (χ2v) is 4.21. The van der Waals surface area contributed by atoms with Crippen molar-refractivity contribution in [2.75, 3.05) is 6.61 Å². The topological polar surface area (TPSA) is 40.5 Å². The van der Waals surface area contributed by atoms with Gasteiger partial charge in [0.25, 0.3) is 0 Å². The van der Waals surface area contributed by atoms with Crippen LogP contribution in [0.1, 0.15) is 18.9 Å². The molecule has 1 aromatic rings. The van der Waals surface area contributed by atoms with Crippen molar-refractivity contribution in [1.29, 1.82) is 0 Å². The molecule has 2 nitrogen and oxygen atoms in total. The van der Waals surface area contributed by atoms with Crippen LogP contribution in [0.5, 0.6) is 0 Å². The molecule has 0 aliphatic heterocycles. The van der Waals surface area contributed by atoms with E-state index in [4.69, 9.17) is 5.11 Å². The molecule has 17 heavy (non-hydrogen) atoms. The number of hydrogen-bond donors (Lipinski definition) is 2. The van der Waals surface area contributed by atoms with Crippen LogP contribution in [0.25, 0.3) is 0 Å². The number of alkyl halides is 1. The smallest absolute Gasteiger partial charge is 0.144 e. The molecule has 2 unspecified atom stereocenters. The van der Waals surface area contributed by atoms with E-state index in [0.29, 0.717) is 18.4 Å². The van der Waals surface area contributed by atoms with Gasteiger partial charge in [0.15, 0.2) is 0 Å². The van der Waals surface area contributed by atoms with Gasteiger partial charge in [-0.1, -0.05) is 30.3 Å². The van der Waals surface area contributed by atoms with E-state index in [-0.39, 0.29) is 6.61 Å². The Hall–Kier alpha value is -1.19. The van der Waals surface area contributed by atoms with Gasteiger partial charge in [0.1, 0.15) is 6.17 Å². The molecule has 0 amide bonds. The third-order valence-electron chi connectivity index (χ3n) is 2.63. The summed E-state index contributed by atoms with van der Waals surface area (Å²) in [4.78, 5) is 0. The molecule has 0 saturated heterocycles. The Labute approximate surface area is 101 Å². The van der Waals surface area contributed by atoms with Crippen LogP contribution in [0.2, 0.25) is 0 Å². The zero-order chi connectivity index (χ0) is 12.7. The molecule has 0 aromatic heterocycles. The molecule has 0 aliphatic carbocycles. The summed E-state index contributed by atoms with van der Waals surface area (Å²) in [6, 6.07) is 9.67. The molecule has 1 rings (SSSR count). The van der Waals surface area contributed by atoms with E-state index in [0.717, 1.165) is 5.56 Å². The summed E-state index contributed by atoms with van der Waals surface area (Å²) < 4.78 is 13.5. The Balaban J connectivity index is 2.42. The fraction of sp³-hybridized carbons (Fsp3) is 0.429. The number of aliphatic hydroxyl groups is 2. The molecule has 3 heteroatoms. The van der Waals surface area contributed by atoms with Crippen LogP contribution in [0.3, 0.4) is 0 Å². The largest absolute Gasteiger partial charge is 0.392 e. The summed E-state index contributed by atoms with van der Waals surface area (Å²) in [7, 11) is 0. The van der Waals surface area contributed by atoms with Crippen molar-refractivity contribution >= 4 is 0 Å². The van der Waals surface area contributed by atoms with Gasteiger partial charge in [-0.2, -0.15) is 0 Å². The number of rotatable bonds is 6. The molecule has 1 aromatic carbocycles. The lowest BCUT2D eigenvalue weighted by atomic mass is 10.0. The van der Waals surface area contributed by atoms with Crippen molar-refractivity contribution in [3.63, 3.8) is 0 Å². The molecular formula is C14H19FO2. The fourth-order valence-electron chi connectivity index (χ4n) is 1.55. The molecule has 0 bridgehead atoms. The normalized spacial score (nSPS) is 15.6. The first-order valence-corrected chi connectivity index (χ1v) is 5.77. The minimum absolute atomic E-state index is 0.175. The Morgan fingerprint density at radius 2 is 2.00 bits per heavy atom. The van der Waals surface area contributed by atoms with Gasteiger partial charge in [0, 0.05) is 0 Å². The van der Waals surface area contributed by atoms with Crippen LogP contribution in [0.4, 0.5) is 4.39 Å². The van der Waals surface area contributed by atoms with Gasteiger partial charge >= 0.3 is 0 Å². The second kappa shape index (κ2) is 7.20. The van der Waals surface area contributed by atoms with Crippen molar-refractivity contribution in [2.24, 2.45) is 0 Å². The molecule has 0 spiro atoms. The lowest BCUT2D eigenvalue weighted by molar-refractivity contribution is 0.0945. The quantitative estimate of drug-likeness (QED) is 0.746. The predicted molar refractivity (Wildman–Crippen MR) is 66.5 cm³/mol. The second-order valence-electron chi connectivity index (χ2n) is 4.21. The lowest BCUT2D eigenvalue weighted by Crippen LogP contribution is -2.21. The SMILES string of the molecule is C/C(=C/C(F)C(O)CCc1ccccc1)CO. The fourth-order valence-corrected chi connectivity index (χ4v) is 1.55. The number of aryl methyl sites for hydroxylation is 1. The Morgan fingerprint density at radius 1 is 1.35 bits per heavy atom. The van der Waals surface area contributed by atoms with Crippen molar-refractivity contribution in [3.05, 3.63) is 47.5 Å². The molecule has 0 radical (unpaired) electrons. The van der Waals surface area contributed by atoms with Gasteiger partial charge in [-0.15, -0.1) is 0 Å². The van der Waals surface area contributed by atoms with E-state index >= 15 is 0 Å². The maximum atomic E-state index is 13.5. The van der Waals surface area contributed by atoms with Crippen molar-refractivity contribution in [2.45, 2.75) is 32.0 Å². The minimum Gasteiger partial charge on any atom is -0.392 e. The van der Waals surface area contributed by atoms with Crippen LogP contribution >= 0.6 is 0 Å². The van der Waals surface area contributed by atoms with Crippen LogP contribution in [0, 0.1) is 0 Å². The molecular weight excluding hydrogens is 219 g/mol. The lowest BCUT2D eigenvalue weighted by Gasteiger charge is -2.13. The number of benzene rings is 1. The van der Waals surface area contributed by atoms with E-state index < -0.39 is 12.3 Å². The average Bonchev–Trinajstić information content (AvgIpc) is 2.36. The highest BCUT2D eigenvalue weighted by Crippen LogP contribution is 2.12. The van der Waals surface area contributed by atoms with E-state index in [1.54, 1.807) is 6.92 Å². The van der Waals surface area contributed by atoms with Gasteiger partial charge in [0.05, 0.1) is 12.7 Å². The van der Waals surface area contributed by atoms with E-state index in [2.05, 4.69) is 0 Å². The minimum atomic E-state index is -1.41. The zero-order valence-corrected chi connectivity index (χ0v) is 10.0. The standard InChI is InChI=1S/C14H19FO2/c1-11(10-16)9-13(15)14(17)8-7-12-5-3-2-4-6-12/h2-6,9,13-14,16-17H,7-8,10H2,1H3/b11-9-. The Bertz CT molecular complexity index is 348. The summed E-state index contributed by atoms with van der Waals surface area (Å²) >= 11 is 0. The molecule has 94 valence electrons. The van der Waals surface area contributed by atoms with E-state index in [9.17, 15) is 9.50 Å². The maximum Gasteiger partial charge on any atom is 0.144 e. The van der Waals surface area contributed by atoms with Crippen LogP contribution in [0.15, 0.2) is 42.0 Å². The monoisotopic (exact) mass is 238 g/mol. The van der Waals surface area contributed by atoms with Gasteiger partial charge in [0.2, 0.25) is 0 Å². The van der Waals surface area contributed by atoms with Gasteiger partial charge in [-0.25, -0.2) is 4.39 Å². The van der Waals surface area contributed by atoms with Gasteiger partial charge < -0.3 is 10.2 Å². The van der Waals surface area contributed by atoms with Crippen LogP contribution in [-0.4, -0.2) is 29.1 Å². The highest BCUT2D eigenvalue weighted by atomic mass is 19.1.